The Hall–Kier alpha value is -2.30. The minimum Gasteiger partial charge on any atom is -0.508 e. The molecule has 0 atom stereocenters. The first-order valence-electron chi connectivity index (χ1n) is 9.28. The number of amides is 1. The predicted molar refractivity (Wildman–Crippen MR) is 122 cm³/mol. The maximum absolute atomic E-state index is 12.4. The van der Waals surface area contributed by atoms with E-state index in [1.54, 1.807) is 24.3 Å². The van der Waals surface area contributed by atoms with Gasteiger partial charge in [0.15, 0.2) is 0 Å². The van der Waals surface area contributed by atoms with Gasteiger partial charge in [-0.25, -0.2) is 0 Å². The second kappa shape index (κ2) is 11.6. The van der Waals surface area contributed by atoms with Gasteiger partial charge in [0.25, 0.3) is 5.91 Å². The normalized spacial score (nSPS) is 11.0. The molecule has 0 radical (unpaired) electrons. The molecule has 0 unspecified atom stereocenters. The molecule has 0 aromatic heterocycles. The van der Waals surface area contributed by atoms with Crippen molar-refractivity contribution in [1.82, 2.24) is 0 Å². The van der Waals surface area contributed by atoms with Crippen LogP contribution in [0.1, 0.15) is 38.2 Å². The zero-order valence-electron chi connectivity index (χ0n) is 16.0. The van der Waals surface area contributed by atoms with Gasteiger partial charge in [-0.1, -0.05) is 26.2 Å². The van der Waals surface area contributed by atoms with E-state index in [0.29, 0.717) is 23.6 Å². The summed E-state index contributed by atoms with van der Waals surface area (Å²) in [5.74, 6) is 0.272. The van der Waals surface area contributed by atoms with Crippen LogP contribution in [0.5, 0.6) is 11.5 Å². The Morgan fingerprint density at radius 1 is 1.17 bits per heavy atom. The fraction of sp³-hybridized carbons (Fsp3) is 0.273. The number of phenols is 1. The summed E-state index contributed by atoms with van der Waals surface area (Å²) in [5.41, 5.74) is 1.13. The van der Waals surface area contributed by atoms with Crippen LogP contribution in [0.2, 0.25) is 0 Å². The fourth-order valence-electron chi connectivity index (χ4n) is 2.56. The zero-order valence-corrected chi connectivity index (χ0v) is 19.2. The van der Waals surface area contributed by atoms with E-state index in [9.17, 15) is 15.2 Å². The Morgan fingerprint density at radius 3 is 2.41 bits per heavy atom. The van der Waals surface area contributed by atoms with Crippen LogP contribution in [0.15, 0.2) is 50.9 Å². The SMILES string of the molecule is CCCCCCOc1c(Br)cc(/C=C(\C#N)C(=O)Nc2ccc(O)cc2)cc1Br. The smallest absolute Gasteiger partial charge is 0.266 e. The summed E-state index contributed by atoms with van der Waals surface area (Å²) in [6.07, 6.45) is 6.00. The molecule has 29 heavy (non-hydrogen) atoms. The molecule has 2 aromatic carbocycles. The highest BCUT2D eigenvalue weighted by atomic mass is 79.9. The van der Waals surface area contributed by atoms with Crippen LogP contribution in [-0.4, -0.2) is 17.6 Å². The molecule has 2 rings (SSSR count). The first-order chi connectivity index (χ1) is 13.9. The lowest BCUT2D eigenvalue weighted by Crippen LogP contribution is -2.13. The predicted octanol–water partition coefficient (Wildman–Crippen LogP) is 6.42. The molecule has 0 aliphatic heterocycles. The number of anilines is 1. The summed E-state index contributed by atoms with van der Waals surface area (Å²) < 4.78 is 7.34. The number of halogens is 2. The van der Waals surface area contributed by atoms with Gasteiger partial charge < -0.3 is 15.2 Å². The van der Waals surface area contributed by atoms with Crippen molar-refractivity contribution >= 4 is 49.5 Å². The standard InChI is InChI=1S/C22H22Br2N2O3/c1-2-3-4-5-10-29-21-19(23)12-15(13-20(21)24)11-16(14-25)22(28)26-17-6-8-18(27)9-7-17/h6-9,11-13,27H,2-5,10H2,1H3,(H,26,28)/b16-11+. The number of hydrogen-bond acceptors (Lipinski definition) is 4. The van der Waals surface area contributed by atoms with Crippen LogP contribution in [-0.2, 0) is 4.79 Å². The number of phenolic OH excluding ortho intramolecular Hbond substituents is 1. The number of carbonyl (C=O) groups excluding carboxylic acids is 1. The lowest BCUT2D eigenvalue weighted by Gasteiger charge is -2.11. The van der Waals surface area contributed by atoms with E-state index in [4.69, 9.17) is 4.74 Å². The van der Waals surface area contributed by atoms with E-state index in [0.717, 1.165) is 21.8 Å². The average molecular weight is 522 g/mol. The van der Waals surface area contributed by atoms with Crippen molar-refractivity contribution in [2.24, 2.45) is 0 Å². The van der Waals surface area contributed by atoms with Crippen molar-refractivity contribution in [3.63, 3.8) is 0 Å². The lowest BCUT2D eigenvalue weighted by molar-refractivity contribution is -0.112. The molecule has 0 heterocycles. The summed E-state index contributed by atoms with van der Waals surface area (Å²) >= 11 is 7.00. The summed E-state index contributed by atoms with van der Waals surface area (Å²) in [6, 6.07) is 11.6. The average Bonchev–Trinajstić information content (AvgIpc) is 2.69. The van der Waals surface area contributed by atoms with Gasteiger partial charge in [0.2, 0.25) is 0 Å². The number of nitrogens with one attached hydrogen (secondary N) is 1. The minimum absolute atomic E-state index is 0.0369. The second-order valence-corrected chi connectivity index (χ2v) is 8.10. The van der Waals surface area contributed by atoms with Crippen molar-refractivity contribution in [1.29, 1.82) is 5.26 Å². The van der Waals surface area contributed by atoms with Gasteiger partial charge >= 0.3 is 0 Å². The second-order valence-electron chi connectivity index (χ2n) is 6.39. The topological polar surface area (TPSA) is 82.3 Å². The third kappa shape index (κ3) is 7.22. The van der Waals surface area contributed by atoms with Crippen LogP contribution in [0, 0.1) is 11.3 Å². The first-order valence-corrected chi connectivity index (χ1v) is 10.9. The van der Waals surface area contributed by atoms with Gasteiger partial charge in [0.05, 0.1) is 15.6 Å². The summed E-state index contributed by atoms with van der Waals surface area (Å²) in [5, 5.41) is 21.3. The molecule has 2 N–H and O–H groups in total. The van der Waals surface area contributed by atoms with Gasteiger partial charge in [-0.15, -0.1) is 0 Å². The van der Waals surface area contributed by atoms with Crippen LogP contribution < -0.4 is 10.1 Å². The van der Waals surface area contributed by atoms with Gasteiger partial charge in [-0.2, -0.15) is 5.26 Å². The van der Waals surface area contributed by atoms with Gasteiger partial charge in [0.1, 0.15) is 23.1 Å². The van der Waals surface area contributed by atoms with E-state index in [-0.39, 0.29) is 11.3 Å². The van der Waals surface area contributed by atoms with E-state index in [1.807, 2.05) is 6.07 Å². The largest absolute Gasteiger partial charge is 0.508 e. The molecule has 0 fully saturated rings. The van der Waals surface area contributed by atoms with E-state index in [1.165, 1.54) is 31.1 Å². The van der Waals surface area contributed by atoms with Crippen molar-refractivity contribution in [3.8, 4) is 17.6 Å². The quantitative estimate of drug-likeness (QED) is 0.172. The first kappa shape index (κ1) is 23.0. The maximum atomic E-state index is 12.4. The van der Waals surface area contributed by atoms with E-state index < -0.39 is 5.91 Å². The molecule has 0 bridgehead atoms. The van der Waals surface area contributed by atoms with Gasteiger partial charge in [-0.3, -0.25) is 4.79 Å². The molecular formula is C22H22Br2N2O3. The number of hydrogen-bond donors (Lipinski definition) is 2. The Bertz CT molecular complexity index is 896. The molecule has 1 amide bonds. The minimum atomic E-state index is -0.526. The van der Waals surface area contributed by atoms with Crippen LogP contribution >= 0.6 is 31.9 Å². The van der Waals surface area contributed by atoms with Crippen LogP contribution in [0.25, 0.3) is 6.08 Å². The Balaban J connectivity index is 2.11. The fourth-order valence-corrected chi connectivity index (χ4v) is 4.01. The number of nitriles is 1. The monoisotopic (exact) mass is 520 g/mol. The molecule has 152 valence electrons. The summed E-state index contributed by atoms with van der Waals surface area (Å²) in [7, 11) is 0. The number of nitrogens with zero attached hydrogens (tertiary/aromatic N) is 1. The molecule has 0 saturated carbocycles. The summed E-state index contributed by atoms with van der Waals surface area (Å²) in [6.45, 7) is 2.80. The molecule has 0 aliphatic carbocycles. The molecular weight excluding hydrogens is 500 g/mol. The Labute approximate surface area is 187 Å². The number of benzene rings is 2. The lowest BCUT2D eigenvalue weighted by atomic mass is 10.1. The summed E-state index contributed by atoms with van der Waals surface area (Å²) in [4.78, 5) is 12.4. The molecule has 5 nitrogen and oxygen atoms in total. The highest BCUT2D eigenvalue weighted by Gasteiger charge is 2.12. The third-order valence-electron chi connectivity index (χ3n) is 4.07. The Morgan fingerprint density at radius 2 is 1.83 bits per heavy atom. The van der Waals surface area contributed by atoms with Crippen molar-refractivity contribution in [2.75, 3.05) is 11.9 Å². The number of ether oxygens (including phenoxy) is 1. The molecule has 0 saturated heterocycles. The maximum Gasteiger partial charge on any atom is 0.266 e. The van der Waals surface area contributed by atoms with Crippen molar-refractivity contribution in [3.05, 3.63) is 56.5 Å². The van der Waals surface area contributed by atoms with Crippen molar-refractivity contribution in [2.45, 2.75) is 32.6 Å². The number of aromatic hydroxyl groups is 1. The van der Waals surface area contributed by atoms with Gasteiger partial charge in [0, 0.05) is 5.69 Å². The van der Waals surface area contributed by atoms with E-state index in [2.05, 4.69) is 44.1 Å². The molecule has 2 aromatic rings. The molecule has 7 heteroatoms. The zero-order chi connectivity index (χ0) is 21.2. The van der Waals surface area contributed by atoms with Crippen molar-refractivity contribution < 1.29 is 14.6 Å². The highest BCUT2D eigenvalue weighted by molar-refractivity contribution is 9.11. The van der Waals surface area contributed by atoms with Gasteiger partial charge in [-0.05, 0) is 86.3 Å². The van der Waals surface area contributed by atoms with Crippen LogP contribution in [0.3, 0.4) is 0 Å². The van der Waals surface area contributed by atoms with Crippen LogP contribution in [0.4, 0.5) is 5.69 Å². The molecule has 0 aliphatic rings. The highest BCUT2D eigenvalue weighted by Crippen LogP contribution is 2.35. The number of unbranched alkanes of at least 4 members (excludes halogenated alkanes) is 3. The molecule has 0 spiro atoms. The third-order valence-corrected chi connectivity index (χ3v) is 5.24. The Kier molecular flexibility index (Phi) is 9.23. The van der Waals surface area contributed by atoms with E-state index >= 15 is 0 Å². The number of carbonyl (C=O) groups is 1. The number of rotatable bonds is 9.